The maximum absolute atomic E-state index is 12.5. The summed E-state index contributed by atoms with van der Waals surface area (Å²) < 4.78 is 0. The minimum absolute atomic E-state index is 0.0227. The summed E-state index contributed by atoms with van der Waals surface area (Å²) in [6, 6.07) is 4.01. The molecule has 25 heavy (non-hydrogen) atoms. The van der Waals surface area contributed by atoms with Crippen LogP contribution in [0.4, 0.5) is 11.4 Å². The Balaban J connectivity index is 1.79. The monoisotopic (exact) mass is 338 g/mol. The highest BCUT2D eigenvalue weighted by Gasteiger charge is 2.42. The molecule has 8 heteroatoms. The predicted molar refractivity (Wildman–Crippen MR) is 87.2 cm³/mol. The van der Waals surface area contributed by atoms with Gasteiger partial charge in [-0.3, -0.25) is 29.4 Å². The van der Waals surface area contributed by atoms with Crippen molar-refractivity contribution < 1.29 is 19.2 Å². The lowest BCUT2D eigenvalue weighted by Gasteiger charge is -2.28. The fourth-order valence-electron chi connectivity index (χ4n) is 2.76. The summed E-state index contributed by atoms with van der Waals surface area (Å²) in [7, 11) is 0. The van der Waals surface area contributed by atoms with Crippen LogP contribution in [-0.2, 0) is 19.2 Å². The van der Waals surface area contributed by atoms with Crippen LogP contribution in [0.2, 0.25) is 0 Å². The quantitative estimate of drug-likeness (QED) is 0.633. The molecule has 2 aliphatic rings. The number of imide groups is 2. The molecule has 2 aliphatic heterocycles. The number of nitrogens with zero attached hydrogens (tertiary/aromatic N) is 2. The Bertz CT molecular complexity index is 881. The van der Waals surface area contributed by atoms with Gasteiger partial charge in [-0.25, -0.2) is 4.85 Å². The molecule has 4 amide bonds. The molecule has 1 saturated heterocycles. The van der Waals surface area contributed by atoms with E-state index in [4.69, 9.17) is 6.57 Å². The third-order valence-corrected chi connectivity index (χ3v) is 4.08. The summed E-state index contributed by atoms with van der Waals surface area (Å²) in [5.74, 6) is -2.32. The van der Waals surface area contributed by atoms with Crippen LogP contribution in [-0.4, -0.2) is 34.6 Å². The zero-order valence-electron chi connectivity index (χ0n) is 13.3. The van der Waals surface area contributed by atoms with E-state index in [1.165, 1.54) is 0 Å². The van der Waals surface area contributed by atoms with Crippen molar-refractivity contribution in [3.05, 3.63) is 47.0 Å². The summed E-state index contributed by atoms with van der Waals surface area (Å²) in [5.41, 5.74) is 1.75. The molecule has 1 aromatic rings. The molecule has 126 valence electrons. The minimum atomic E-state index is -0.995. The smallest absolute Gasteiger partial charge is 0.278 e. The summed E-state index contributed by atoms with van der Waals surface area (Å²) in [6.07, 6.45) is 1.29. The first-order chi connectivity index (χ1) is 11.9. The van der Waals surface area contributed by atoms with Gasteiger partial charge in [0.1, 0.15) is 11.7 Å². The normalized spacial score (nSPS) is 20.2. The topological polar surface area (TPSA) is 99.9 Å². The molecule has 0 bridgehead atoms. The number of piperidine rings is 1. The zero-order valence-corrected chi connectivity index (χ0v) is 13.3. The van der Waals surface area contributed by atoms with E-state index in [-0.39, 0.29) is 18.5 Å². The maximum Gasteiger partial charge on any atom is 0.278 e. The Morgan fingerprint density at radius 3 is 2.72 bits per heavy atom. The number of amides is 4. The Kier molecular flexibility index (Phi) is 4.07. The molecular weight excluding hydrogens is 324 g/mol. The Hall–Kier alpha value is -3.47. The van der Waals surface area contributed by atoms with Crippen molar-refractivity contribution in [1.29, 1.82) is 0 Å². The first kappa shape index (κ1) is 16.4. The molecule has 1 atom stereocenters. The molecule has 2 N–H and O–H groups in total. The van der Waals surface area contributed by atoms with E-state index >= 15 is 0 Å². The number of carbonyl (C=O) groups excluding carboxylic acids is 4. The van der Waals surface area contributed by atoms with Crippen LogP contribution in [0.25, 0.3) is 4.85 Å². The van der Waals surface area contributed by atoms with Crippen LogP contribution < -0.4 is 10.6 Å². The Morgan fingerprint density at radius 2 is 2.04 bits per heavy atom. The van der Waals surface area contributed by atoms with E-state index in [1.54, 1.807) is 25.1 Å². The van der Waals surface area contributed by atoms with Crippen LogP contribution in [0.1, 0.15) is 18.4 Å². The van der Waals surface area contributed by atoms with Gasteiger partial charge in [-0.05, 0) is 31.0 Å². The Morgan fingerprint density at radius 1 is 1.28 bits per heavy atom. The summed E-state index contributed by atoms with van der Waals surface area (Å²) in [6.45, 7) is 8.92. The van der Waals surface area contributed by atoms with E-state index in [9.17, 15) is 19.2 Å². The molecular formula is C17H14N4O4. The first-order valence-electron chi connectivity index (χ1n) is 7.58. The number of rotatable bonds is 3. The first-order valence-corrected chi connectivity index (χ1v) is 7.58. The second-order valence-corrected chi connectivity index (χ2v) is 5.78. The third kappa shape index (κ3) is 2.99. The van der Waals surface area contributed by atoms with Crippen molar-refractivity contribution in [2.75, 3.05) is 5.32 Å². The van der Waals surface area contributed by atoms with Gasteiger partial charge in [0.15, 0.2) is 5.69 Å². The van der Waals surface area contributed by atoms with E-state index in [0.29, 0.717) is 11.4 Å². The molecule has 0 saturated carbocycles. The lowest BCUT2D eigenvalue weighted by molar-refractivity contribution is -0.149. The van der Waals surface area contributed by atoms with Gasteiger partial charge in [-0.2, -0.15) is 0 Å². The van der Waals surface area contributed by atoms with E-state index in [2.05, 4.69) is 15.5 Å². The molecule has 3 rings (SSSR count). The average Bonchev–Trinajstić information content (AvgIpc) is 2.84. The van der Waals surface area contributed by atoms with Gasteiger partial charge < -0.3 is 5.32 Å². The largest absolute Gasteiger partial charge is 0.352 e. The van der Waals surface area contributed by atoms with Crippen molar-refractivity contribution in [1.82, 2.24) is 10.2 Å². The highest BCUT2D eigenvalue weighted by atomic mass is 16.2. The van der Waals surface area contributed by atoms with Gasteiger partial charge in [0.2, 0.25) is 11.8 Å². The maximum atomic E-state index is 12.5. The van der Waals surface area contributed by atoms with Gasteiger partial charge in [0, 0.05) is 18.2 Å². The lowest BCUT2D eigenvalue weighted by Crippen LogP contribution is -2.54. The van der Waals surface area contributed by atoms with Gasteiger partial charge in [-0.15, -0.1) is 0 Å². The second kappa shape index (κ2) is 6.20. The molecule has 2 heterocycles. The number of carbonyl (C=O) groups is 4. The van der Waals surface area contributed by atoms with Gasteiger partial charge in [0.25, 0.3) is 11.8 Å². The molecule has 1 fully saturated rings. The van der Waals surface area contributed by atoms with Crippen molar-refractivity contribution in [3.63, 3.8) is 0 Å². The van der Waals surface area contributed by atoms with E-state index in [1.807, 2.05) is 0 Å². The van der Waals surface area contributed by atoms with Crippen molar-refractivity contribution in [2.45, 2.75) is 25.8 Å². The molecule has 0 radical (unpaired) electrons. The van der Waals surface area contributed by atoms with Crippen LogP contribution >= 0.6 is 0 Å². The van der Waals surface area contributed by atoms with Crippen LogP contribution in [0, 0.1) is 13.5 Å². The molecule has 0 aliphatic carbocycles. The SMILES string of the molecule is [C-]#[N+]c1cc(NC2=CC(=O)N(C3CCC(=O)NC3=O)C2=O)ccc1C. The molecule has 0 aromatic heterocycles. The van der Waals surface area contributed by atoms with E-state index < -0.39 is 29.7 Å². The van der Waals surface area contributed by atoms with Crippen LogP contribution in [0.15, 0.2) is 30.0 Å². The summed E-state index contributed by atoms with van der Waals surface area (Å²) in [4.78, 5) is 52.1. The number of benzene rings is 1. The lowest BCUT2D eigenvalue weighted by atomic mass is 10.0. The minimum Gasteiger partial charge on any atom is -0.352 e. The molecule has 1 unspecified atom stereocenters. The third-order valence-electron chi connectivity index (χ3n) is 4.08. The highest BCUT2D eigenvalue weighted by molar-refractivity contribution is 6.20. The standard InChI is InChI=1S/C17H14N4O4/c1-9-3-4-10(7-11(9)18-2)19-12-8-15(23)21(17(12)25)13-5-6-14(22)20-16(13)24/h3-4,7-8,13,19H,5-6H2,1H3,(H,20,22,24). The number of aryl methyl sites for hydroxylation is 1. The van der Waals surface area contributed by atoms with Gasteiger partial charge >= 0.3 is 0 Å². The average molecular weight is 338 g/mol. The number of nitrogens with one attached hydrogen (secondary N) is 2. The molecule has 8 nitrogen and oxygen atoms in total. The molecule has 1 aromatic carbocycles. The van der Waals surface area contributed by atoms with Gasteiger partial charge in [0.05, 0.1) is 6.57 Å². The number of hydrogen-bond donors (Lipinski definition) is 2. The van der Waals surface area contributed by atoms with Crippen LogP contribution in [0.3, 0.4) is 0 Å². The Labute approximate surface area is 143 Å². The second-order valence-electron chi connectivity index (χ2n) is 5.78. The summed E-state index contributed by atoms with van der Waals surface area (Å²) >= 11 is 0. The van der Waals surface area contributed by atoms with Gasteiger partial charge in [-0.1, -0.05) is 6.07 Å². The predicted octanol–water partition coefficient (Wildman–Crippen LogP) is 1.02. The zero-order chi connectivity index (χ0) is 18.1. The molecule has 0 spiro atoms. The van der Waals surface area contributed by atoms with Crippen LogP contribution in [0.5, 0.6) is 0 Å². The highest BCUT2D eigenvalue weighted by Crippen LogP contribution is 2.26. The van der Waals surface area contributed by atoms with Crippen molar-refractivity contribution in [2.24, 2.45) is 0 Å². The number of hydrogen-bond acceptors (Lipinski definition) is 5. The number of anilines is 1. The fourth-order valence-corrected chi connectivity index (χ4v) is 2.76. The van der Waals surface area contributed by atoms with E-state index in [0.717, 1.165) is 16.5 Å². The van der Waals surface area contributed by atoms with Crippen molar-refractivity contribution in [3.8, 4) is 0 Å². The summed E-state index contributed by atoms with van der Waals surface area (Å²) in [5, 5.41) is 4.96. The fraction of sp³-hybridized carbons (Fsp3) is 0.235. The van der Waals surface area contributed by atoms with Crippen molar-refractivity contribution >= 4 is 35.0 Å².